The van der Waals surface area contributed by atoms with Crippen molar-refractivity contribution in [3.63, 3.8) is 0 Å². The van der Waals surface area contributed by atoms with Gasteiger partial charge in [-0.05, 0) is 12.8 Å². The van der Waals surface area contributed by atoms with Crippen LogP contribution in [0, 0.1) is 0 Å². The van der Waals surface area contributed by atoms with E-state index in [-0.39, 0.29) is 13.2 Å². The molecule has 0 saturated heterocycles. The van der Waals surface area contributed by atoms with Crippen molar-refractivity contribution in [1.82, 2.24) is 0 Å². The Hall–Kier alpha value is -0.200. The van der Waals surface area contributed by atoms with Gasteiger partial charge in [-0.1, -0.05) is 78.1 Å². The van der Waals surface area contributed by atoms with Crippen molar-refractivity contribution in [2.24, 2.45) is 0 Å². The van der Waals surface area contributed by atoms with Crippen molar-refractivity contribution in [3.05, 3.63) is 0 Å². The molecule has 5 heteroatoms. The molecule has 0 radical (unpaired) electrons. The Balaban J connectivity index is 0. The number of aliphatic hydroxyl groups excluding tert-OH is 2. The Bertz CT molecular complexity index is 205. The van der Waals surface area contributed by atoms with Gasteiger partial charge >= 0.3 is 0 Å². The van der Waals surface area contributed by atoms with Crippen LogP contribution >= 0.6 is 0 Å². The second kappa shape index (κ2) is 30.5. The normalized spacial score (nSPS) is 10.7. The van der Waals surface area contributed by atoms with E-state index in [9.17, 15) is 0 Å². The summed E-state index contributed by atoms with van der Waals surface area (Å²) in [6, 6.07) is 0. The molecule has 0 aliphatic rings. The Morgan fingerprint density at radius 3 is 1.11 bits per heavy atom. The van der Waals surface area contributed by atoms with E-state index in [0.29, 0.717) is 26.4 Å². The van der Waals surface area contributed by atoms with Crippen LogP contribution in [0.15, 0.2) is 0 Å². The average Bonchev–Trinajstić information content (AvgIpc) is 2.69. The van der Waals surface area contributed by atoms with Crippen LogP contribution in [0.4, 0.5) is 0 Å². The van der Waals surface area contributed by atoms with Crippen molar-refractivity contribution in [3.8, 4) is 0 Å². The van der Waals surface area contributed by atoms with Crippen molar-refractivity contribution >= 4 is 0 Å². The number of aliphatic hydroxyl groups is 2. The van der Waals surface area contributed by atoms with E-state index < -0.39 is 0 Å². The lowest BCUT2D eigenvalue weighted by atomic mass is 10.1. The lowest BCUT2D eigenvalue weighted by Gasteiger charge is -2.04. The van der Waals surface area contributed by atoms with E-state index in [1.807, 2.05) is 0 Å². The number of hydrogen-bond donors (Lipinski definition) is 2. The molecule has 0 aromatic rings. The van der Waals surface area contributed by atoms with E-state index in [1.165, 1.54) is 77.0 Å². The van der Waals surface area contributed by atoms with Crippen LogP contribution in [0.5, 0.6) is 0 Å². The zero-order chi connectivity index (χ0) is 20.3. The molecule has 0 aliphatic carbocycles. The molecule has 0 bridgehead atoms. The molecule has 0 aromatic carbocycles. The average molecular weight is 393 g/mol. The summed E-state index contributed by atoms with van der Waals surface area (Å²) < 4.78 is 15.4. The summed E-state index contributed by atoms with van der Waals surface area (Å²) in [4.78, 5) is 0. The molecular formula is C22H48O5. The largest absolute Gasteiger partial charge is 0.394 e. The summed E-state index contributed by atoms with van der Waals surface area (Å²) in [5, 5.41) is 16.5. The Morgan fingerprint density at radius 1 is 0.407 bits per heavy atom. The Kier molecular flexibility index (Phi) is 32.8. The Morgan fingerprint density at radius 2 is 0.741 bits per heavy atom. The maximum atomic E-state index is 8.26. The van der Waals surface area contributed by atoms with E-state index in [1.54, 1.807) is 0 Å². The van der Waals surface area contributed by atoms with Gasteiger partial charge in [0, 0.05) is 13.2 Å². The van der Waals surface area contributed by atoms with Gasteiger partial charge in [-0.25, -0.2) is 0 Å². The zero-order valence-electron chi connectivity index (χ0n) is 18.3. The smallest absolute Gasteiger partial charge is 0.0701 e. The van der Waals surface area contributed by atoms with Crippen LogP contribution in [0.2, 0.25) is 0 Å². The first-order valence-electron chi connectivity index (χ1n) is 11.3. The predicted octanol–water partition coefficient (Wildman–Crippen LogP) is 4.73. The molecule has 0 atom stereocenters. The monoisotopic (exact) mass is 392 g/mol. The van der Waals surface area contributed by atoms with Crippen molar-refractivity contribution in [2.75, 3.05) is 52.9 Å². The van der Waals surface area contributed by atoms with Gasteiger partial charge < -0.3 is 24.4 Å². The SMILES string of the molecule is CCCCCCCCOCCCCCCCC.OCCOCCOCCO. The van der Waals surface area contributed by atoms with Gasteiger partial charge in [0.25, 0.3) is 0 Å². The van der Waals surface area contributed by atoms with Gasteiger partial charge in [0.2, 0.25) is 0 Å². The molecule has 0 saturated carbocycles. The fraction of sp³-hybridized carbons (Fsp3) is 1.00. The standard InChI is InChI=1S/C16H34O.C6H14O4/c1-3-5-7-9-11-13-15-17-16-14-12-10-8-6-4-2;7-1-3-9-5-6-10-4-2-8/h3-16H2,1-2H3;7-8H,1-6H2. The molecule has 0 heterocycles. The molecule has 0 fully saturated rings. The molecule has 0 rings (SSSR count). The molecular weight excluding hydrogens is 344 g/mol. The molecule has 0 amide bonds. The van der Waals surface area contributed by atoms with Gasteiger partial charge in [-0.2, -0.15) is 0 Å². The maximum Gasteiger partial charge on any atom is 0.0701 e. The van der Waals surface area contributed by atoms with E-state index >= 15 is 0 Å². The van der Waals surface area contributed by atoms with Crippen LogP contribution in [0.3, 0.4) is 0 Å². The van der Waals surface area contributed by atoms with Crippen LogP contribution in [0.1, 0.15) is 90.9 Å². The third-order valence-corrected chi connectivity index (χ3v) is 4.13. The second-order valence-corrected chi connectivity index (χ2v) is 6.82. The van der Waals surface area contributed by atoms with Crippen LogP contribution < -0.4 is 0 Å². The van der Waals surface area contributed by atoms with Crippen LogP contribution in [-0.2, 0) is 14.2 Å². The van der Waals surface area contributed by atoms with Crippen LogP contribution in [-0.4, -0.2) is 63.1 Å². The van der Waals surface area contributed by atoms with Gasteiger partial charge in [0.1, 0.15) is 0 Å². The highest BCUT2D eigenvalue weighted by Crippen LogP contribution is 2.06. The molecule has 27 heavy (non-hydrogen) atoms. The molecule has 2 N–H and O–H groups in total. The van der Waals surface area contributed by atoms with E-state index in [0.717, 1.165) is 13.2 Å². The summed E-state index contributed by atoms with van der Waals surface area (Å²) >= 11 is 0. The van der Waals surface area contributed by atoms with Crippen LogP contribution in [0.25, 0.3) is 0 Å². The number of rotatable bonds is 21. The first-order chi connectivity index (χ1) is 13.3. The molecule has 0 spiro atoms. The minimum atomic E-state index is 0.0417. The lowest BCUT2D eigenvalue weighted by molar-refractivity contribution is 0.0222. The summed E-state index contributed by atoms with van der Waals surface area (Å²) in [7, 11) is 0. The summed E-state index contributed by atoms with van der Waals surface area (Å²) in [5.41, 5.74) is 0. The Labute approximate surface area is 168 Å². The van der Waals surface area contributed by atoms with Gasteiger partial charge in [0.15, 0.2) is 0 Å². The summed E-state index contributed by atoms with van der Waals surface area (Å²) in [6.45, 7) is 8.24. The first kappa shape index (κ1) is 29.0. The van der Waals surface area contributed by atoms with Crippen molar-refractivity contribution < 1.29 is 24.4 Å². The number of ether oxygens (including phenoxy) is 3. The molecule has 166 valence electrons. The highest BCUT2D eigenvalue weighted by Gasteiger charge is 1.93. The molecule has 0 aromatic heterocycles. The quantitative estimate of drug-likeness (QED) is 0.276. The van der Waals surface area contributed by atoms with Gasteiger partial charge in [0.05, 0.1) is 39.6 Å². The van der Waals surface area contributed by atoms with Crippen molar-refractivity contribution in [1.29, 1.82) is 0 Å². The predicted molar refractivity (Wildman–Crippen MR) is 113 cm³/mol. The maximum absolute atomic E-state index is 8.26. The van der Waals surface area contributed by atoms with Gasteiger partial charge in [-0.15, -0.1) is 0 Å². The molecule has 0 unspecified atom stereocenters. The first-order valence-corrected chi connectivity index (χ1v) is 11.3. The van der Waals surface area contributed by atoms with E-state index in [4.69, 9.17) is 24.4 Å². The summed E-state index contributed by atoms with van der Waals surface area (Å²) in [6.07, 6.45) is 16.3. The minimum Gasteiger partial charge on any atom is -0.394 e. The number of unbranched alkanes of at least 4 members (excludes halogenated alkanes) is 10. The fourth-order valence-electron chi connectivity index (χ4n) is 2.52. The molecule has 0 aliphatic heterocycles. The molecule has 5 nitrogen and oxygen atoms in total. The number of hydrogen-bond acceptors (Lipinski definition) is 5. The topological polar surface area (TPSA) is 68.2 Å². The third kappa shape index (κ3) is 33.8. The third-order valence-electron chi connectivity index (χ3n) is 4.13. The fourth-order valence-corrected chi connectivity index (χ4v) is 2.52. The second-order valence-electron chi connectivity index (χ2n) is 6.82. The highest BCUT2D eigenvalue weighted by atomic mass is 16.5. The lowest BCUT2D eigenvalue weighted by Crippen LogP contribution is -2.09. The summed E-state index contributed by atoms with van der Waals surface area (Å²) in [5.74, 6) is 0. The minimum absolute atomic E-state index is 0.0417. The van der Waals surface area contributed by atoms with E-state index in [2.05, 4.69) is 13.8 Å². The van der Waals surface area contributed by atoms with Crippen molar-refractivity contribution in [2.45, 2.75) is 90.9 Å². The highest BCUT2D eigenvalue weighted by molar-refractivity contribution is 4.45. The van der Waals surface area contributed by atoms with Gasteiger partial charge in [-0.3, -0.25) is 0 Å². The zero-order valence-corrected chi connectivity index (χ0v) is 18.3.